The van der Waals surface area contributed by atoms with E-state index in [0.717, 1.165) is 11.2 Å². The molecule has 6 heteroatoms. The fourth-order valence-corrected chi connectivity index (χ4v) is 1.63. The number of anilines is 1. The van der Waals surface area contributed by atoms with E-state index >= 15 is 0 Å². The predicted molar refractivity (Wildman–Crippen MR) is 69.5 cm³/mol. The van der Waals surface area contributed by atoms with Crippen LogP contribution in [0.4, 0.5) is 5.95 Å². The van der Waals surface area contributed by atoms with Crippen molar-refractivity contribution >= 4 is 17.5 Å². The number of carbonyl (C=O) groups is 1. The van der Waals surface area contributed by atoms with E-state index < -0.39 is 0 Å². The van der Waals surface area contributed by atoms with Crippen molar-refractivity contribution in [1.29, 1.82) is 0 Å². The minimum Gasteiger partial charge on any atom is -0.355 e. The molecule has 2 aromatic rings. The van der Waals surface area contributed by atoms with E-state index in [1.807, 2.05) is 32.2 Å². The van der Waals surface area contributed by atoms with Crippen LogP contribution >= 0.6 is 0 Å². The van der Waals surface area contributed by atoms with Crippen molar-refractivity contribution in [1.82, 2.24) is 19.9 Å². The number of pyridine rings is 1. The number of amides is 1. The van der Waals surface area contributed by atoms with E-state index in [-0.39, 0.29) is 11.9 Å². The van der Waals surface area contributed by atoms with E-state index in [2.05, 4.69) is 20.7 Å². The van der Waals surface area contributed by atoms with Gasteiger partial charge in [-0.3, -0.25) is 4.79 Å². The van der Waals surface area contributed by atoms with Gasteiger partial charge in [0.15, 0.2) is 5.65 Å². The molecule has 1 unspecified atom stereocenters. The van der Waals surface area contributed by atoms with E-state index in [4.69, 9.17) is 0 Å². The standard InChI is InChI=1S/C12H17N5O/c1-4-13-11(18)9(3)14-12-15-10-7-8(2)5-6-17(10)16-12/h5-7,9H,4H2,1-3H3,(H,13,18)(H,14,16). The summed E-state index contributed by atoms with van der Waals surface area (Å²) in [5.41, 5.74) is 1.89. The normalized spacial score (nSPS) is 12.4. The van der Waals surface area contributed by atoms with E-state index in [0.29, 0.717) is 12.5 Å². The molecule has 1 amide bonds. The van der Waals surface area contributed by atoms with Crippen molar-refractivity contribution in [2.24, 2.45) is 0 Å². The Morgan fingerprint density at radius 2 is 2.33 bits per heavy atom. The van der Waals surface area contributed by atoms with Gasteiger partial charge in [0.1, 0.15) is 6.04 Å². The zero-order valence-electron chi connectivity index (χ0n) is 10.8. The molecule has 96 valence electrons. The second-order valence-electron chi connectivity index (χ2n) is 4.20. The highest BCUT2D eigenvalue weighted by Crippen LogP contribution is 2.08. The first-order valence-corrected chi connectivity index (χ1v) is 5.97. The Morgan fingerprint density at radius 1 is 1.56 bits per heavy atom. The Balaban J connectivity index is 2.14. The lowest BCUT2D eigenvalue weighted by Gasteiger charge is -2.10. The highest BCUT2D eigenvalue weighted by atomic mass is 16.2. The maximum atomic E-state index is 11.6. The number of nitrogens with zero attached hydrogens (tertiary/aromatic N) is 3. The third-order valence-corrected chi connectivity index (χ3v) is 2.58. The van der Waals surface area contributed by atoms with Gasteiger partial charge in [-0.05, 0) is 38.5 Å². The topological polar surface area (TPSA) is 71.3 Å². The van der Waals surface area contributed by atoms with Crippen LogP contribution in [-0.2, 0) is 4.79 Å². The lowest BCUT2D eigenvalue weighted by Crippen LogP contribution is -2.37. The number of likely N-dealkylation sites (N-methyl/N-ethyl adjacent to an activating group) is 1. The molecule has 0 aliphatic rings. The van der Waals surface area contributed by atoms with Crippen LogP contribution in [0.1, 0.15) is 19.4 Å². The fraction of sp³-hybridized carbons (Fsp3) is 0.417. The van der Waals surface area contributed by atoms with Crippen molar-refractivity contribution in [3.63, 3.8) is 0 Å². The quantitative estimate of drug-likeness (QED) is 0.844. The Morgan fingerprint density at radius 3 is 3.06 bits per heavy atom. The summed E-state index contributed by atoms with van der Waals surface area (Å²) in [6, 6.07) is 3.54. The van der Waals surface area contributed by atoms with Gasteiger partial charge in [-0.25, -0.2) is 4.52 Å². The van der Waals surface area contributed by atoms with E-state index in [1.165, 1.54) is 0 Å². The average molecular weight is 247 g/mol. The van der Waals surface area contributed by atoms with Crippen LogP contribution in [0.5, 0.6) is 0 Å². The number of nitrogens with one attached hydrogen (secondary N) is 2. The van der Waals surface area contributed by atoms with Gasteiger partial charge in [0.05, 0.1) is 0 Å². The molecule has 6 nitrogen and oxygen atoms in total. The van der Waals surface area contributed by atoms with Crippen LogP contribution in [0.3, 0.4) is 0 Å². The van der Waals surface area contributed by atoms with Crippen molar-refractivity contribution in [2.75, 3.05) is 11.9 Å². The van der Waals surface area contributed by atoms with Crippen LogP contribution in [0.15, 0.2) is 18.3 Å². The molecule has 0 saturated carbocycles. The SMILES string of the molecule is CCNC(=O)C(C)Nc1nc2cc(C)ccn2n1. The van der Waals surface area contributed by atoms with Crippen LogP contribution in [0.2, 0.25) is 0 Å². The van der Waals surface area contributed by atoms with Crippen molar-refractivity contribution < 1.29 is 4.79 Å². The summed E-state index contributed by atoms with van der Waals surface area (Å²) in [6.07, 6.45) is 1.85. The van der Waals surface area contributed by atoms with Crippen molar-refractivity contribution in [3.8, 4) is 0 Å². The first-order chi connectivity index (χ1) is 8.60. The lowest BCUT2D eigenvalue weighted by molar-refractivity contribution is -0.121. The largest absolute Gasteiger partial charge is 0.355 e. The Kier molecular flexibility index (Phi) is 3.45. The van der Waals surface area contributed by atoms with Crippen LogP contribution in [0, 0.1) is 6.92 Å². The third-order valence-electron chi connectivity index (χ3n) is 2.58. The number of rotatable bonds is 4. The van der Waals surface area contributed by atoms with Gasteiger partial charge in [0.25, 0.3) is 0 Å². The van der Waals surface area contributed by atoms with E-state index in [1.54, 1.807) is 11.4 Å². The zero-order chi connectivity index (χ0) is 13.1. The highest BCUT2D eigenvalue weighted by molar-refractivity contribution is 5.83. The molecule has 2 heterocycles. The van der Waals surface area contributed by atoms with Crippen molar-refractivity contribution in [3.05, 3.63) is 23.9 Å². The molecule has 0 saturated heterocycles. The fourth-order valence-electron chi connectivity index (χ4n) is 1.63. The van der Waals surface area contributed by atoms with Crippen molar-refractivity contribution in [2.45, 2.75) is 26.8 Å². The predicted octanol–water partition coefficient (Wildman–Crippen LogP) is 0.974. The second-order valence-corrected chi connectivity index (χ2v) is 4.20. The number of fused-ring (bicyclic) bond motifs is 1. The molecule has 0 aliphatic carbocycles. The molecule has 0 aliphatic heterocycles. The van der Waals surface area contributed by atoms with Gasteiger partial charge in [0, 0.05) is 12.7 Å². The third kappa shape index (κ3) is 2.58. The molecule has 2 N–H and O–H groups in total. The maximum Gasteiger partial charge on any atom is 0.243 e. The summed E-state index contributed by atoms with van der Waals surface area (Å²) in [5.74, 6) is 0.395. The molecule has 0 bridgehead atoms. The van der Waals surface area contributed by atoms with Gasteiger partial charge in [-0.1, -0.05) is 0 Å². The molecule has 0 radical (unpaired) electrons. The number of aromatic nitrogens is 3. The summed E-state index contributed by atoms with van der Waals surface area (Å²) in [7, 11) is 0. The molecule has 2 aromatic heterocycles. The molecular weight excluding hydrogens is 230 g/mol. The minimum atomic E-state index is -0.358. The van der Waals surface area contributed by atoms with Crippen LogP contribution in [-0.4, -0.2) is 33.1 Å². The van der Waals surface area contributed by atoms with Gasteiger partial charge in [0.2, 0.25) is 11.9 Å². The summed E-state index contributed by atoms with van der Waals surface area (Å²) in [5, 5.41) is 9.98. The van der Waals surface area contributed by atoms with Crippen LogP contribution < -0.4 is 10.6 Å². The number of carbonyl (C=O) groups excluding carboxylic acids is 1. The van der Waals surface area contributed by atoms with Gasteiger partial charge < -0.3 is 10.6 Å². The minimum absolute atomic E-state index is 0.0625. The monoisotopic (exact) mass is 247 g/mol. The van der Waals surface area contributed by atoms with Gasteiger partial charge >= 0.3 is 0 Å². The zero-order valence-corrected chi connectivity index (χ0v) is 10.8. The lowest BCUT2D eigenvalue weighted by atomic mass is 10.3. The summed E-state index contributed by atoms with van der Waals surface area (Å²) in [4.78, 5) is 15.9. The summed E-state index contributed by atoms with van der Waals surface area (Å²) in [6.45, 7) is 6.28. The molecule has 18 heavy (non-hydrogen) atoms. The molecule has 0 fully saturated rings. The number of aryl methyl sites for hydroxylation is 1. The average Bonchev–Trinajstić information content (AvgIpc) is 2.70. The van der Waals surface area contributed by atoms with Gasteiger partial charge in [-0.15, -0.1) is 5.10 Å². The Bertz CT molecular complexity index is 563. The molecule has 0 aromatic carbocycles. The molecule has 0 spiro atoms. The van der Waals surface area contributed by atoms with Gasteiger partial charge in [-0.2, -0.15) is 4.98 Å². The number of hydrogen-bond acceptors (Lipinski definition) is 4. The maximum absolute atomic E-state index is 11.6. The first kappa shape index (κ1) is 12.3. The molecule has 1 atom stereocenters. The summed E-state index contributed by atoms with van der Waals surface area (Å²) < 4.78 is 1.68. The number of hydrogen-bond donors (Lipinski definition) is 2. The molecule has 2 rings (SSSR count). The Labute approximate surface area is 105 Å². The first-order valence-electron chi connectivity index (χ1n) is 5.97. The summed E-state index contributed by atoms with van der Waals surface area (Å²) >= 11 is 0. The second kappa shape index (κ2) is 5.03. The van der Waals surface area contributed by atoms with Crippen LogP contribution in [0.25, 0.3) is 5.65 Å². The smallest absolute Gasteiger partial charge is 0.243 e. The molecular formula is C12H17N5O. The highest BCUT2D eigenvalue weighted by Gasteiger charge is 2.13. The Hall–Kier alpha value is -2.11. The van der Waals surface area contributed by atoms with E-state index in [9.17, 15) is 4.79 Å².